The third kappa shape index (κ3) is 4.11. The summed E-state index contributed by atoms with van der Waals surface area (Å²) in [6.45, 7) is 4.81. The molecule has 1 aromatic heterocycles. The Labute approximate surface area is 316 Å². The number of hydrogen-bond donors (Lipinski definition) is 0. The van der Waals surface area contributed by atoms with E-state index in [0.717, 1.165) is 17.1 Å². The van der Waals surface area contributed by atoms with Crippen molar-refractivity contribution in [1.29, 1.82) is 0 Å². The van der Waals surface area contributed by atoms with Gasteiger partial charge in [0, 0.05) is 33.2 Å². The van der Waals surface area contributed by atoms with Gasteiger partial charge in [-0.1, -0.05) is 159 Å². The van der Waals surface area contributed by atoms with Gasteiger partial charge in [0.15, 0.2) is 0 Å². The fourth-order valence-electron chi connectivity index (χ4n) is 9.91. The minimum absolute atomic E-state index is 0.225. The lowest BCUT2D eigenvalue weighted by Gasteiger charge is -2.50. The van der Waals surface area contributed by atoms with Gasteiger partial charge in [0.05, 0.1) is 22.1 Å². The number of aromatic nitrogens is 1. The summed E-state index contributed by atoms with van der Waals surface area (Å²) in [7, 11) is 0. The Morgan fingerprint density at radius 3 is 1.74 bits per heavy atom. The van der Waals surface area contributed by atoms with E-state index in [1.165, 1.54) is 72.0 Å². The second-order valence-electron chi connectivity index (χ2n) is 15.3. The Kier molecular flexibility index (Phi) is 6.55. The molecule has 0 amide bonds. The summed E-state index contributed by atoms with van der Waals surface area (Å²) < 4.78 is 2.52. The van der Waals surface area contributed by atoms with Gasteiger partial charge in [0.25, 0.3) is 0 Å². The van der Waals surface area contributed by atoms with E-state index >= 15 is 0 Å². The molecule has 0 radical (unpaired) electrons. The normalized spacial score (nSPS) is 16.2. The van der Waals surface area contributed by atoms with Crippen molar-refractivity contribution in [3.8, 4) is 16.8 Å². The van der Waals surface area contributed by atoms with Crippen LogP contribution in [0.25, 0.3) is 38.6 Å². The van der Waals surface area contributed by atoms with Crippen molar-refractivity contribution in [1.82, 2.24) is 4.57 Å². The molecule has 0 saturated heterocycles. The number of anilines is 3. The average molecular weight is 691 g/mol. The fraction of sp³-hybridized carbons (Fsp3) is 0.0769. The Morgan fingerprint density at radius 1 is 0.389 bits per heavy atom. The zero-order valence-corrected chi connectivity index (χ0v) is 30.4. The molecule has 2 aliphatic rings. The Balaban J connectivity index is 1.24. The summed E-state index contributed by atoms with van der Waals surface area (Å²) in [5.74, 6) is 0. The van der Waals surface area contributed by atoms with E-state index in [1.54, 1.807) is 0 Å². The van der Waals surface area contributed by atoms with Crippen LogP contribution in [0.15, 0.2) is 194 Å². The van der Waals surface area contributed by atoms with Crippen LogP contribution >= 0.6 is 0 Å². The van der Waals surface area contributed by atoms with Gasteiger partial charge in [-0.3, -0.25) is 0 Å². The van der Waals surface area contributed by atoms with Crippen molar-refractivity contribution in [3.63, 3.8) is 0 Å². The van der Waals surface area contributed by atoms with Gasteiger partial charge < -0.3 is 9.47 Å². The van der Waals surface area contributed by atoms with Crippen molar-refractivity contribution < 1.29 is 0 Å². The Bertz CT molecular complexity index is 2900. The fourth-order valence-corrected chi connectivity index (χ4v) is 9.91. The molecule has 1 atom stereocenters. The Morgan fingerprint density at radius 2 is 0.944 bits per heavy atom. The molecular formula is C52H38N2. The molecule has 11 rings (SSSR count). The third-order valence-electron chi connectivity index (χ3n) is 12.2. The SMILES string of the molecule is CC1(C)c2ccccc2C2(c3ccccc3-n3c4ccccc4c4cccc2c43)c2cc(N(c3ccccc3)c3ccc(-c4ccccc4)cc3)ccc21. The molecule has 0 N–H and O–H groups in total. The van der Waals surface area contributed by atoms with Crippen LogP contribution in [0.4, 0.5) is 17.1 Å². The summed E-state index contributed by atoms with van der Waals surface area (Å²) in [5, 5.41) is 2.58. The van der Waals surface area contributed by atoms with Gasteiger partial charge in [0.1, 0.15) is 0 Å². The molecule has 0 fully saturated rings. The summed E-state index contributed by atoms with van der Waals surface area (Å²) in [4.78, 5) is 2.42. The molecule has 9 aromatic rings. The third-order valence-corrected chi connectivity index (χ3v) is 12.2. The van der Waals surface area contributed by atoms with E-state index in [2.05, 4.69) is 217 Å². The van der Waals surface area contributed by atoms with Gasteiger partial charge in [-0.15, -0.1) is 0 Å². The van der Waals surface area contributed by atoms with Crippen LogP contribution in [0.2, 0.25) is 0 Å². The quantitative estimate of drug-likeness (QED) is 0.178. The van der Waals surface area contributed by atoms with E-state index in [4.69, 9.17) is 0 Å². The van der Waals surface area contributed by atoms with Gasteiger partial charge in [-0.2, -0.15) is 0 Å². The number of benzene rings is 8. The monoisotopic (exact) mass is 690 g/mol. The molecule has 1 spiro atoms. The van der Waals surface area contributed by atoms with Crippen molar-refractivity contribution in [2.75, 3.05) is 4.90 Å². The number of fused-ring (bicyclic) bond motifs is 11. The topological polar surface area (TPSA) is 8.17 Å². The van der Waals surface area contributed by atoms with Crippen LogP contribution in [0.3, 0.4) is 0 Å². The lowest BCUT2D eigenvalue weighted by atomic mass is 9.53. The van der Waals surface area contributed by atoms with Gasteiger partial charge in [0.2, 0.25) is 0 Å². The number of hydrogen-bond acceptors (Lipinski definition) is 1. The van der Waals surface area contributed by atoms with E-state index in [-0.39, 0.29) is 5.41 Å². The number of para-hydroxylation sites is 4. The minimum atomic E-state index is -0.558. The van der Waals surface area contributed by atoms with Crippen molar-refractivity contribution in [2.45, 2.75) is 24.7 Å². The molecule has 1 unspecified atom stereocenters. The van der Waals surface area contributed by atoms with Gasteiger partial charge in [-0.25, -0.2) is 0 Å². The van der Waals surface area contributed by atoms with Crippen LogP contribution in [0.1, 0.15) is 47.2 Å². The summed E-state index contributed by atoms with van der Waals surface area (Å²) in [6, 6.07) is 72.0. The van der Waals surface area contributed by atoms with Crippen molar-refractivity contribution in [3.05, 3.63) is 228 Å². The molecule has 54 heavy (non-hydrogen) atoms. The first-order chi connectivity index (χ1) is 26.6. The van der Waals surface area contributed by atoms with E-state index < -0.39 is 5.41 Å². The van der Waals surface area contributed by atoms with Crippen LogP contribution in [-0.2, 0) is 10.8 Å². The average Bonchev–Trinajstić information content (AvgIpc) is 3.57. The number of rotatable bonds is 4. The molecule has 1 aliphatic carbocycles. The van der Waals surface area contributed by atoms with Gasteiger partial charge in [-0.05, 0) is 93.0 Å². The predicted octanol–water partition coefficient (Wildman–Crippen LogP) is 13.3. The molecule has 1 aliphatic heterocycles. The summed E-state index contributed by atoms with van der Waals surface area (Å²) in [5.41, 5.74) is 16.9. The second-order valence-corrected chi connectivity index (χ2v) is 15.3. The first kappa shape index (κ1) is 30.9. The summed E-state index contributed by atoms with van der Waals surface area (Å²) >= 11 is 0. The molecule has 8 aromatic carbocycles. The standard InChI is InChI=1S/C52H38N2/c1-51(2)42-22-10-11-23-44(42)52(45-24-12-14-27-49(45)54-48-26-13-9-20-40(48)41-21-15-25-46(52)50(41)54)47-34-39(32-33-43(47)51)53(37-18-7-4-8-19-37)38-30-28-36(29-31-38)35-16-5-3-6-17-35/h3-34H,1-2H3. The maximum Gasteiger partial charge on any atom is 0.0749 e. The first-order valence-corrected chi connectivity index (χ1v) is 18.9. The van der Waals surface area contributed by atoms with Crippen LogP contribution in [0.5, 0.6) is 0 Å². The van der Waals surface area contributed by atoms with Crippen molar-refractivity contribution in [2.24, 2.45) is 0 Å². The zero-order valence-electron chi connectivity index (χ0n) is 30.4. The maximum atomic E-state index is 2.52. The second kappa shape index (κ2) is 11.4. The van der Waals surface area contributed by atoms with E-state index in [9.17, 15) is 0 Å². The van der Waals surface area contributed by atoms with Crippen LogP contribution < -0.4 is 4.90 Å². The number of nitrogens with zero attached hydrogens (tertiary/aromatic N) is 2. The highest BCUT2D eigenvalue weighted by Crippen LogP contribution is 2.61. The zero-order chi connectivity index (χ0) is 36.0. The highest BCUT2D eigenvalue weighted by Gasteiger charge is 2.52. The van der Waals surface area contributed by atoms with E-state index in [1.807, 2.05) is 0 Å². The molecule has 0 saturated carbocycles. The Hall–Kier alpha value is -6.64. The van der Waals surface area contributed by atoms with Crippen LogP contribution in [0, 0.1) is 0 Å². The minimum Gasteiger partial charge on any atom is -0.310 e. The highest BCUT2D eigenvalue weighted by atomic mass is 15.1. The lowest BCUT2D eigenvalue weighted by Crippen LogP contribution is -2.44. The molecule has 2 heteroatoms. The molecule has 2 nitrogen and oxygen atoms in total. The van der Waals surface area contributed by atoms with Gasteiger partial charge >= 0.3 is 0 Å². The molecule has 256 valence electrons. The first-order valence-electron chi connectivity index (χ1n) is 18.9. The molecule has 0 bridgehead atoms. The maximum absolute atomic E-state index is 2.52. The molecular weight excluding hydrogens is 653 g/mol. The predicted molar refractivity (Wildman–Crippen MR) is 225 cm³/mol. The molecule has 2 heterocycles. The highest BCUT2D eigenvalue weighted by molar-refractivity contribution is 6.12. The lowest BCUT2D eigenvalue weighted by molar-refractivity contribution is 0.556. The van der Waals surface area contributed by atoms with Crippen molar-refractivity contribution >= 4 is 38.9 Å². The smallest absolute Gasteiger partial charge is 0.0749 e. The summed E-state index contributed by atoms with van der Waals surface area (Å²) in [6.07, 6.45) is 0. The van der Waals surface area contributed by atoms with E-state index in [0.29, 0.717) is 0 Å². The largest absolute Gasteiger partial charge is 0.310 e. The van der Waals surface area contributed by atoms with Crippen LogP contribution in [-0.4, -0.2) is 4.57 Å².